The second-order valence-electron chi connectivity index (χ2n) is 7.51. The molecule has 0 saturated carbocycles. The number of benzene rings is 1. The van der Waals surface area contributed by atoms with Gasteiger partial charge in [0.05, 0.1) is 11.2 Å². The van der Waals surface area contributed by atoms with Gasteiger partial charge in [-0.05, 0) is 57.5 Å². The Hall–Kier alpha value is -2.88. The molecule has 0 aliphatic rings. The summed E-state index contributed by atoms with van der Waals surface area (Å²) < 4.78 is 2.10. The molecule has 0 bridgehead atoms. The topological polar surface area (TPSA) is 42.2 Å². The van der Waals surface area contributed by atoms with Crippen molar-refractivity contribution in [2.24, 2.45) is 0 Å². The van der Waals surface area contributed by atoms with Gasteiger partial charge in [0.15, 0.2) is 0 Å². The van der Waals surface area contributed by atoms with Crippen LogP contribution in [0.4, 0.5) is 5.82 Å². The molecule has 126 valence electrons. The molecule has 0 spiro atoms. The lowest BCUT2D eigenvalue weighted by molar-refractivity contribution is 0.629. The van der Waals surface area contributed by atoms with Gasteiger partial charge in [0, 0.05) is 17.1 Å². The zero-order valence-corrected chi connectivity index (χ0v) is 15.0. The zero-order valence-electron chi connectivity index (χ0n) is 15.0. The van der Waals surface area contributed by atoms with Crippen LogP contribution in [-0.4, -0.2) is 19.9 Å². The van der Waals surface area contributed by atoms with Crippen LogP contribution in [0.15, 0.2) is 54.7 Å². The summed E-state index contributed by atoms with van der Waals surface area (Å²) in [5.41, 5.74) is 4.79. The smallest absolute Gasteiger partial charge is 0.140 e. The average Bonchev–Trinajstić information content (AvgIpc) is 2.90. The van der Waals surface area contributed by atoms with E-state index < -0.39 is 0 Å². The summed E-state index contributed by atoms with van der Waals surface area (Å²) in [5.74, 6) is 0.977. The number of nitrogens with one attached hydrogen (secondary N) is 1. The predicted octanol–water partition coefficient (Wildman–Crippen LogP) is 5.07. The lowest BCUT2D eigenvalue weighted by Gasteiger charge is -2.22. The molecule has 1 N–H and O–H groups in total. The van der Waals surface area contributed by atoms with Crippen LogP contribution >= 0.6 is 0 Å². The third-order valence-corrected chi connectivity index (χ3v) is 4.12. The van der Waals surface area contributed by atoms with Crippen molar-refractivity contribution in [1.82, 2.24) is 14.4 Å². The van der Waals surface area contributed by atoms with E-state index >= 15 is 0 Å². The van der Waals surface area contributed by atoms with Gasteiger partial charge in [0.1, 0.15) is 17.2 Å². The monoisotopic (exact) mass is 330 g/mol. The fourth-order valence-corrected chi connectivity index (χ4v) is 3.00. The molecular weight excluding hydrogens is 308 g/mol. The van der Waals surface area contributed by atoms with Gasteiger partial charge in [-0.15, -0.1) is 0 Å². The van der Waals surface area contributed by atoms with Crippen molar-refractivity contribution in [3.8, 4) is 11.4 Å². The number of anilines is 1. The van der Waals surface area contributed by atoms with Gasteiger partial charge < -0.3 is 5.32 Å². The van der Waals surface area contributed by atoms with E-state index in [-0.39, 0.29) is 5.54 Å². The summed E-state index contributed by atoms with van der Waals surface area (Å²) >= 11 is 0. The van der Waals surface area contributed by atoms with Crippen molar-refractivity contribution >= 4 is 22.4 Å². The minimum Gasteiger partial charge on any atom is -0.365 e. The minimum atomic E-state index is -0.0769. The first-order valence-corrected chi connectivity index (χ1v) is 8.54. The maximum atomic E-state index is 4.87. The molecule has 4 nitrogen and oxygen atoms in total. The van der Waals surface area contributed by atoms with E-state index in [1.54, 1.807) is 0 Å². The van der Waals surface area contributed by atoms with Gasteiger partial charge >= 0.3 is 0 Å². The first-order valence-electron chi connectivity index (χ1n) is 8.54. The Balaban J connectivity index is 1.96. The normalized spacial score (nSPS) is 12.0. The van der Waals surface area contributed by atoms with Crippen molar-refractivity contribution in [1.29, 1.82) is 0 Å². The van der Waals surface area contributed by atoms with Crippen LogP contribution in [0.5, 0.6) is 0 Å². The van der Waals surface area contributed by atoms with E-state index in [2.05, 4.69) is 67.9 Å². The highest BCUT2D eigenvalue weighted by atomic mass is 15.2. The molecule has 0 amide bonds. The number of nitrogens with zero attached hydrogens (tertiary/aromatic N) is 3. The standard InChI is InChI=1S/C21H22N4/c1-14-11-12-25-18(13-14)23-19(20(25)24-21(2,3)4)17-10-9-15-7-5-6-8-16(15)22-17/h5-13,24H,1-4H3. The summed E-state index contributed by atoms with van der Waals surface area (Å²) in [6.07, 6.45) is 2.07. The number of aryl methyl sites for hydroxylation is 1. The van der Waals surface area contributed by atoms with Gasteiger partial charge in [-0.1, -0.05) is 24.3 Å². The van der Waals surface area contributed by atoms with E-state index in [1.807, 2.05) is 24.3 Å². The molecule has 0 saturated heterocycles. The number of imidazole rings is 1. The molecule has 0 atom stereocenters. The number of para-hydroxylation sites is 1. The van der Waals surface area contributed by atoms with Crippen LogP contribution in [0.3, 0.4) is 0 Å². The first kappa shape index (κ1) is 15.6. The molecule has 0 aliphatic heterocycles. The molecule has 4 heteroatoms. The fraction of sp³-hybridized carbons (Fsp3) is 0.238. The Morgan fingerprint density at radius 1 is 0.960 bits per heavy atom. The molecule has 0 unspecified atom stereocenters. The third kappa shape index (κ3) is 2.95. The first-order chi connectivity index (χ1) is 11.9. The lowest BCUT2D eigenvalue weighted by atomic mass is 10.1. The summed E-state index contributed by atoms with van der Waals surface area (Å²) in [4.78, 5) is 9.71. The average molecular weight is 330 g/mol. The van der Waals surface area contributed by atoms with Crippen LogP contribution in [0, 0.1) is 6.92 Å². The van der Waals surface area contributed by atoms with Crippen molar-refractivity contribution in [3.05, 3.63) is 60.3 Å². The number of pyridine rings is 2. The highest BCUT2D eigenvalue weighted by Gasteiger charge is 2.20. The molecule has 4 aromatic rings. The molecule has 3 heterocycles. The van der Waals surface area contributed by atoms with Gasteiger partial charge in [-0.25, -0.2) is 9.97 Å². The minimum absolute atomic E-state index is 0.0769. The summed E-state index contributed by atoms with van der Waals surface area (Å²) in [5, 5.41) is 4.73. The molecule has 0 fully saturated rings. The maximum absolute atomic E-state index is 4.87. The van der Waals surface area contributed by atoms with Crippen molar-refractivity contribution in [2.75, 3.05) is 5.32 Å². The van der Waals surface area contributed by atoms with E-state index in [4.69, 9.17) is 9.97 Å². The number of hydrogen-bond donors (Lipinski definition) is 1. The molecule has 4 rings (SSSR count). The van der Waals surface area contributed by atoms with E-state index in [1.165, 1.54) is 5.56 Å². The van der Waals surface area contributed by atoms with Crippen molar-refractivity contribution in [3.63, 3.8) is 0 Å². The van der Waals surface area contributed by atoms with Crippen LogP contribution in [0.1, 0.15) is 26.3 Å². The quantitative estimate of drug-likeness (QED) is 0.558. The van der Waals surface area contributed by atoms with E-state index in [0.717, 1.165) is 33.8 Å². The second kappa shape index (κ2) is 5.59. The summed E-state index contributed by atoms with van der Waals surface area (Å²) in [7, 11) is 0. The predicted molar refractivity (Wildman–Crippen MR) is 104 cm³/mol. The Morgan fingerprint density at radius 2 is 1.76 bits per heavy atom. The maximum Gasteiger partial charge on any atom is 0.140 e. The van der Waals surface area contributed by atoms with Crippen molar-refractivity contribution in [2.45, 2.75) is 33.2 Å². The molecule has 3 aromatic heterocycles. The Morgan fingerprint density at radius 3 is 2.56 bits per heavy atom. The SMILES string of the molecule is Cc1ccn2c(NC(C)(C)C)c(-c3ccc4ccccc4n3)nc2c1. The van der Waals surface area contributed by atoms with Crippen LogP contribution in [0.25, 0.3) is 27.9 Å². The van der Waals surface area contributed by atoms with Gasteiger partial charge in [-0.3, -0.25) is 4.40 Å². The molecule has 25 heavy (non-hydrogen) atoms. The largest absolute Gasteiger partial charge is 0.365 e. The molecule has 0 aliphatic carbocycles. The van der Waals surface area contributed by atoms with Gasteiger partial charge in [-0.2, -0.15) is 0 Å². The second-order valence-corrected chi connectivity index (χ2v) is 7.51. The number of fused-ring (bicyclic) bond motifs is 2. The molecule has 1 aromatic carbocycles. The highest BCUT2D eigenvalue weighted by Crippen LogP contribution is 2.31. The highest BCUT2D eigenvalue weighted by molar-refractivity contribution is 5.83. The van der Waals surface area contributed by atoms with Crippen molar-refractivity contribution < 1.29 is 0 Å². The van der Waals surface area contributed by atoms with E-state index in [0.29, 0.717) is 0 Å². The zero-order chi connectivity index (χ0) is 17.6. The Kier molecular flexibility index (Phi) is 3.49. The number of rotatable bonds is 2. The number of hydrogen-bond acceptors (Lipinski definition) is 3. The summed E-state index contributed by atoms with van der Waals surface area (Å²) in [6, 6.07) is 16.5. The van der Waals surface area contributed by atoms with Crippen LogP contribution < -0.4 is 5.32 Å². The van der Waals surface area contributed by atoms with Crippen LogP contribution in [-0.2, 0) is 0 Å². The van der Waals surface area contributed by atoms with Gasteiger partial charge in [0.25, 0.3) is 0 Å². The number of aromatic nitrogens is 3. The molecule has 0 radical (unpaired) electrons. The lowest BCUT2D eigenvalue weighted by Crippen LogP contribution is -2.27. The Bertz CT molecular complexity index is 1070. The Labute approximate surface area is 147 Å². The fourth-order valence-electron chi connectivity index (χ4n) is 3.00. The van der Waals surface area contributed by atoms with Gasteiger partial charge in [0.2, 0.25) is 0 Å². The van der Waals surface area contributed by atoms with E-state index in [9.17, 15) is 0 Å². The molecular formula is C21H22N4. The van der Waals surface area contributed by atoms with Crippen LogP contribution in [0.2, 0.25) is 0 Å². The summed E-state index contributed by atoms with van der Waals surface area (Å²) in [6.45, 7) is 8.54. The third-order valence-electron chi connectivity index (χ3n) is 4.12.